The maximum Gasteiger partial charge on any atom is 0.303 e. The Bertz CT molecular complexity index is 455. The number of carbonyl (C=O) groups is 1. The first-order valence-electron chi connectivity index (χ1n) is 7.76. The average molecular weight is 348 g/mol. The molecule has 1 N–H and O–H groups in total. The molecule has 0 unspecified atom stereocenters. The number of hydrogen-bond acceptors (Lipinski definition) is 3. The molecule has 0 saturated carbocycles. The molecule has 0 aromatic carbocycles. The van der Waals surface area contributed by atoms with Crippen LogP contribution in [0.5, 0.6) is 5.75 Å². The summed E-state index contributed by atoms with van der Waals surface area (Å²) >= 11 is 11.6. The number of ether oxygens (including phenoxy) is 1. The summed E-state index contributed by atoms with van der Waals surface area (Å²) in [6.07, 6.45) is 8.86. The van der Waals surface area contributed by atoms with Gasteiger partial charge in [-0.1, -0.05) is 61.7 Å². The van der Waals surface area contributed by atoms with Gasteiger partial charge in [-0.2, -0.15) is 0 Å². The summed E-state index contributed by atoms with van der Waals surface area (Å²) in [6.45, 7) is 0.627. The highest BCUT2D eigenvalue weighted by Gasteiger charge is 2.03. The molecule has 1 aromatic rings. The zero-order valence-electron chi connectivity index (χ0n) is 12.7. The van der Waals surface area contributed by atoms with Crippen LogP contribution in [-0.2, 0) is 4.79 Å². The lowest BCUT2D eigenvalue weighted by molar-refractivity contribution is -0.137. The Balaban J connectivity index is 1.92. The number of aromatic nitrogens is 1. The van der Waals surface area contributed by atoms with Gasteiger partial charge in [-0.05, 0) is 25.0 Å². The lowest BCUT2D eigenvalue weighted by atomic mass is 10.1. The van der Waals surface area contributed by atoms with E-state index in [9.17, 15) is 4.79 Å². The van der Waals surface area contributed by atoms with Crippen molar-refractivity contribution < 1.29 is 14.6 Å². The van der Waals surface area contributed by atoms with E-state index in [4.69, 9.17) is 33.0 Å². The van der Waals surface area contributed by atoms with Crippen LogP contribution in [0.4, 0.5) is 0 Å². The van der Waals surface area contributed by atoms with Gasteiger partial charge in [0, 0.05) is 6.42 Å². The van der Waals surface area contributed by atoms with Crippen molar-refractivity contribution in [2.45, 2.75) is 57.8 Å². The number of aliphatic carboxylic acids is 1. The lowest BCUT2D eigenvalue weighted by Gasteiger charge is -2.07. The van der Waals surface area contributed by atoms with Gasteiger partial charge in [0.1, 0.15) is 5.15 Å². The Morgan fingerprint density at radius 1 is 1.00 bits per heavy atom. The van der Waals surface area contributed by atoms with Crippen molar-refractivity contribution in [2.75, 3.05) is 6.61 Å². The van der Waals surface area contributed by atoms with Crippen molar-refractivity contribution in [3.05, 3.63) is 22.4 Å². The maximum atomic E-state index is 10.3. The third-order valence-electron chi connectivity index (χ3n) is 3.32. The van der Waals surface area contributed by atoms with Crippen LogP contribution >= 0.6 is 23.2 Å². The summed E-state index contributed by atoms with van der Waals surface area (Å²) in [5.74, 6) is -0.125. The van der Waals surface area contributed by atoms with Crippen molar-refractivity contribution in [1.82, 2.24) is 4.98 Å². The Kier molecular flexibility index (Phi) is 10.0. The quantitative estimate of drug-likeness (QED) is 0.408. The number of carboxylic acid groups (broad SMARTS) is 1. The molecule has 4 nitrogen and oxygen atoms in total. The topological polar surface area (TPSA) is 59.4 Å². The normalized spacial score (nSPS) is 10.6. The van der Waals surface area contributed by atoms with Crippen LogP contribution in [0.3, 0.4) is 0 Å². The number of carboxylic acids is 1. The molecule has 1 heterocycles. The Hall–Kier alpha value is -1.00. The number of hydrogen-bond donors (Lipinski definition) is 1. The molecule has 0 aliphatic rings. The molecule has 22 heavy (non-hydrogen) atoms. The van der Waals surface area contributed by atoms with E-state index in [2.05, 4.69) is 4.98 Å². The van der Waals surface area contributed by atoms with Crippen molar-refractivity contribution in [3.8, 4) is 5.75 Å². The van der Waals surface area contributed by atoms with Gasteiger partial charge >= 0.3 is 5.97 Å². The highest BCUT2D eigenvalue weighted by Crippen LogP contribution is 2.24. The summed E-state index contributed by atoms with van der Waals surface area (Å²) in [5, 5.41) is 9.18. The molecule has 124 valence electrons. The van der Waals surface area contributed by atoms with E-state index in [1.165, 1.54) is 19.3 Å². The number of pyridine rings is 1. The molecule has 0 fully saturated rings. The monoisotopic (exact) mass is 347 g/mol. The molecule has 1 rings (SSSR count). The first kappa shape index (κ1) is 19.0. The first-order valence-corrected chi connectivity index (χ1v) is 8.52. The highest BCUT2D eigenvalue weighted by atomic mass is 35.5. The largest absolute Gasteiger partial charge is 0.490 e. The van der Waals surface area contributed by atoms with E-state index in [-0.39, 0.29) is 0 Å². The van der Waals surface area contributed by atoms with E-state index in [1.807, 2.05) is 0 Å². The van der Waals surface area contributed by atoms with Crippen LogP contribution in [0.1, 0.15) is 57.8 Å². The molecule has 0 aliphatic heterocycles. The van der Waals surface area contributed by atoms with Gasteiger partial charge in [-0.15, -0.1) is 0 Å². The third-order valence-corrected chi connectivity index (χ3v) is 3.80. The van der Waals surface area contributed by atoms with Gasteiger partial charge in [-0.25, -0.2) is 4.98 Å². The Morgan fingerprint density at radius 3 is 2.18 bits per heavy atom. The van der Waals surface area contributed by atoms with Gasteiger partial charge in [0.25, 0.3) is 0 Å². The number of nitrogens with zero attached hydrogens (tertiary/aromatic N) is 1. The van der Waals surface area contributed by atoms with Crippen LogP contribution < -0.4 is 4.74 Å². The Morgan fingerprint density at radius 2 is 1.59 bits per heavy atom. The predicted octanol–water partition coefficient (Wildman–Crippen LogP) is 5.36. The molecule has 6 heteroatoms. The van der Waals surface area contributed by atoms with Crippen molar-refractivity contribution in [3.63, 3.8) is 0 Å². The zero-order valence-corrected chi connectivity index (χ0v) is 14.2. The highest BCUT2D eigenvalue weighted by molar-refractivity contribution is 6.33. The summed E-state index contributed by atoms with van der Waals surface area (Å²) in [4.78, 5) is 14.3. The van der Waals surface area contributed by atoms with Crippen molar-refractivity contribution in [2.24, 2.45) is 0 Å². The van der Waals surface area contributed by atoms with Crippen molar-refractivity contribution in [1.29, 1.82) is 0 Å². The summed E-state index contributed by atoms with van der Waals surface area (Å²) in [6, 6.07) is 3.39. The number of unbranched alkanes of at least 4 members (excludes halogenated alkanes) is 7. The fraction of sp³-hybridized carbons (Fsp3) is 0.625. The van der Waals surface area contributed by atoms with Crippen LogP contribution in [0.2, 0.25) is 10.3 Å². The second-order valence-corrected chi connectivity index (χ2v) is 5.99. The molecule has 0 radical (unpaired) electrons. The second-order valence-electron chi connectivity index (χ2n) is 5.24. The smallest absolute Gasteiger partial charge is 0.303 e. The van der Waals surface area contributed by atoms with Gasteiger partial charge in [0.05, 0.1) is 6.61 Å². The lowest BCUT2D eigenvalue weighted by Crippen LogP contribution is -1.98. The molecule has 0 bridgehead atoms. The molecular formula is C16H23Cl2NO3. The predicted molar refractivity (Wildman–Crippen MR) is 88.9 cm³/mol. The Labute approximate surface area is 141 Å². The number of halogens is 2. The van der Waals surface area contributed by atoms with Crippen LogP contribution in [0.15, 0.2) is 12.1 Å². The van der Waals surface area contributed by atoms with E-state index in [1.54, 1.807) is 12.1 Å². The van der Waals surface area contributed by atoms with Gasteiger partial charge in [0.15, 0.2) is 10.9 Å². The molecule has 0 saturated heterocycles. The van der Waals surface area contributed by atoms with Crippen LogP contribution in [0, 0.1) is 0 Å². The van der Waals surface area contributed by atoms with Crippen molar-refractivity contribution >= 4 is 29.2 Å². The van der Waals surface area contributed by atoms with Crippen LogP contribution in [-0.4, -0.2) is 22.7 Å². The van der Waals surface area contributed by atoms with Gasteiger partial charge < -0.3 is 9.84 Å². The SMILES string of the molecule is O=C(O)CCCCCCCCCCOc1ccc(Cl)nc1Cl. The fourth-order valence-corrected chi connectivity index (χ4v) is 2.53. The van der Waals surface area contributed by atoms with E-state index in [0.29, 0.717) is 29.1 Å². The molecule has 0 spiro atoms. The first-order chi connectivity index (χ1) is 10.6. The minimum Gasteiger partial charge on any atom is -0.490 e. The van der Waals surface area contributed by atoms with E-state index < -0.39 is 5.97 Å². The summed E-state index contributed by atoms with van der Waals surface area (Å²) < 4.78 is 5.57. The average Bonchev–Trinajstić information content (AvgIpc) is 2.46. The fourth-order valence-electron chi connectivity index (χ4n) is 2.13. The minimum atomic E-state index is -0.698. The number of rotatable bonds is 12. The zero-order chi connectivity index (χ0) is 16.2. The minimum absolute atomic E-state index is 0.291. The maximum absolute atomic E-state index is 10.3. The molecule has 0 amide bonds. The van der Waals surface area contributed by atoms with E-state index >= 15 is 0 Å². The van der Waals surface area contributed by atoms with Gasteiger partial charge in [0.2, 0.25) is 0 Å². The third kappa shape index (κ3) is 9.11. The van der Waals surface area contributed by atoms with Gasteiger partial charge in [-0.3, -0.25) is 4.79 Å². The molecule has 0 aliphatic carbocycles. The second kappa shape index (κ2) is 11.6. The van der Waals surface area contributed by atoms with E-state index in [0.717, 1.165) is 32.1 Å². The summed E-state index contributed by atoms with van der Waals surface area (Å²) in [7, 11) is 0. The van der Waals surface area contributed by atoms with Crippen LogP contribution in [0.25, 0.3) is 0 Å². The molecule has 1 aromatic heterocycles. The summed E-state index contributed by atoms with van der Waals surface area (Å²) in [5.41, 5.74) is 0. The molecule has 0 atom stereocenters. The standard InChI is InChI=1S/C16H23Cl2NO3/c17-14-11-10-13(16(18)19-14)22-12-8-6-4-2-1-3-5-7-9-15(20)21/h10-11H,1-9,12H2,(H,20,21). The molecular weight excluding hydrogens is 325 g/mol.